The Morgan fingerprint density at radius 3 is 2.24 bits per heavy atom. The van der Waals surface area contributed by atoms with Crippen molar-refractivity contribution in [3.63, 3.8) is 0 Å². The van der Waals surface area contributed by atoms with Gasteiger partial charge in [0.2, 0.25) is 0 Å². The fraction of sp³-hybridized carbons (Fsp3) is 0.300. The zero-order valence-electron chi connectivity index (χ0n) is 12.9. The van der Waals surface area contributed by atoms with E-state index in [0.29, 0.717) is 24.5 Å². The van der Waals surface area contributed by atoms with E-state index in [9.17, 15) is 4.79 Å². The molecule has 0 bridgehead atoms. The molecule has 1 radical (unpaired) electrons. The Balaban J connectivity index is 1.95. The second-order valence-corrected chi connectivity index (χ2v) is 5.73. The molecule has 0 aliphatic carbocycles. The lowest BCUT2D eigenvalue weighted by molar-refractivity contribution is -0.119. The van der Waals surface area contributed by atoms with Gasteiger partial charge in [0.25, 0.3) is 0 Å². The molecule has 0 heterocycles. The predicted molar refractivity (Wildman–Crippen MR) is 89.0 cm³/mol. The normalized spacial score (nSPS) is 12.1. The summed E-state index contributed by atoms with van der Waals surface area (Å²) in [5.41, 5.74) is 3.51. The van der Waals surface area contributed by atoms with Gasteiger partial charge in [-0.25, -0.2) is 0 Å². The number of carbonyl (C=O) groups excluding carboxylic acids is 1. The van der Waals surface area contributed by atoms with Crippen LogP contribution < -0.4 is 0 Å². The molecular formula is C20H23O. The van der Waals surface area contributed by atoms with Gasteiger partial charge in [0.15, 0.2) is 0 Å². The Hall–Kier alpha value is -1.89. The summed E-state index contributed by atoms with van der Waals surface area (Å²) in [5, 5.41) is 0. The molecule has 2 aromatic carbocycles. The maximum Gasteiger partial charge on any atom is 0.137 e. The number of benzene rings is 2. The highest BCUT2D eigenvalue weighted by molar-refractivity contribution is 5.81. The molecule has 1 nitrogen and oxygen atoms in total. The van der Waals surface area contributed by atoms with Gasteiger partial charge in [-0.15, -0.1) is 0 Å². The van der Waals surface area contributed by atoms with Crippen molar-refractivity contribution in [2.75, 3.05) is 0 Å². The van der Waals surface area contributed by atoms with Gasteiger partial charge in [0.1, 0.15) is 5.78 Å². The largest absolute Gasteiger partial charge is 0.299 e. The lowest BCUT2D eigenvalue weighted by Gasteiger charge is -2.09. The molecule has 1 atom stereocenters. The Bertz CT molecular complexity index is 554. The topological polar surface area (TPSA) is 17.1 Å². The Morgan fingerprint density at radius 1 is 1.00 bits per heavy atom. The van der Waals surface area contributed by atoms with Crippen molar-refractivity contribution in [1.82, 2.24) is 0 Å². The maximum atomic E-state index is 12.0. The van der Waals surface area contributed by atoms with Crippen molar-refractivity contribution >= 4 is 5.78 Å². The molecule has 0 amide bonds. The molecule has 0 aromatic heterocycles. The Kier molecular flexibility index (Phi) is 5.74. The lowest BCUT2D eigenvalue weighted by Crippen LogP contribution is -2.08. The van der Waals surface area contributed by atoms with E-state index in [1.54, 1.807) is 0 Å². The molecule has 0 spiro atoms. The first-order valence-electron chi connectivity index (χ1n) is 7.63. The van der Waals surface area contributed by atoms with E-state index in [-0.39, 0.29) is 0 Å². The molecule has 2 rings (SSSR count). The van der Waals surface area contributed by atoms with E-state index >= 15 is 0 Å². The third-order valence-electron chi connectivity index (χ3n) is 3.68. The quantitative estimate of drug-likeness (QED) is 0.688. The van der Waals surface area contributed by atoms with Crippen molar-refractivity contribution < 1.29 is 4.79 Å². The standard InChI is InChI=1S/C20H23O/c1-3-7-16(2)14-20(21)15-17-10-12-19(13-11-17)18-8-5-4-6-9-18/h3-6,8-13,16H,7,14-15H2,1-2H3. The molecule has 0 aliphatic heterocycles. The zero-order chi connectivity index (χ0) is 15.1. The number of hydrogen-bond acceptors (Lipinski definition) is 1. The first-order chi connectivity index (χ1) is 10.2. The third-order valence-corrected chi connectivity index (χ3v) is 3.68. The van der Waals surface area contributed by atoms with Gasteiger partial charge in [0.05, 0.1) is 0 Å². The molecule has 0 saturated heterocycles. The van der Waals surface area contributed by atoms with Crippen LogP contribution >= 0.6 is 0 Å². The summed E-state index contributed by atoms with van der Waals surface area (Å²) in [7, 11) is 0. The SMILES string of the molecule is C[CH]CC(C)CC(=O)Cc1ccc(-c2ccccc2)cc1. The van der Waals surface area contributed by atoms with Crippen LogP contribution in [0.1, 0.15) is 32.3 Å². The van der Waals surface area contributed by atoms with Gasteiger partial charge >= 0.3 is 0 Å². The van der Waals surface area contributed by atoms with Crippen molar-refractivity contribution in [1.29, 1.82) is 0 Å². The fourth-order valence-corrected chi connectivity index (χ4v) is 2.62. The van der Waals surface area contributed by atoms with Gasteiger partial charge in [0, 0.05) is 12.8 Å². The molecule has 109 valence electrons. The van der Waals surface area contributed by atoms with Crippen molar-refractivity contribution in [2.45, 2.75) is 33.1 Å². The van der Waals surface area contributed by atoms with Crippen molar-refractivity contribution in [3.8, 4) is 11.1 Å². The minimum Gasteiger partial charge on any atom is -0.299 e. The van der Waals surface area contributed by atoms with Crippen LogP contribution in [0.15, 0.2) is 54.6 Å². The van der Waals surface area contributed by atoms with Crippen LogP contribution in [0, 0.1) is 12.3 Å². The number of Topliss-reactive ketones (excluding diaryl/α,β-unsaturated/α-hetero) is 1. The summed E-state index contributed by atoms with van der Waals surface area (Å²) in [4.78, 5) is 12.0. The van der Waals surface area contributed by atoms with E-state index in [1.807, 2.05) is 25.1 Å². The molecule has 1 unspecified atom stereocenters. The summed E-state index contributed by atoms with van der Waals surface area (Å²) in [5.74, 6) is 0.780. The van der Waals surface area contributed by atoms with E-state index in [2.05, 4.69) is 49.7 Å². The molecule has 21 heavy (non-hydrogen) atoms. The molecule has 0 fully saturated rings. The molecule has 0 aliphatic rings. The summed E-state index contributed by atoms with van der Waals surface area (Å²) in [6.07, 6.45) is 4.36. The van der Waals surface area contributed by atoms with Crippen molar-refractivity contribution in [3.05, 3.63) is 66.6 Å². The number of ketones is 1. The minimum atomic E-state index is 0.330. The average molecular weight is 279 g/mol. The molecule has 1 heteroatoms. The van der Waals surface area contributed by atoms with Crippen molar-refractivity contribution in [2.24, 2.45) is 5.92 Å². The summed E-state index contributed by atoms with van der Waals surface area (Å²) in [6.45, 7) is 4.18. The number of carbonyl (C=O) groups is 1. The highest BCUT2D eigenvalue weighted by Crippen LogP contribution is 2.20. The van der Waals surface area contributed by atoms with Gasteiger partial charge in [-0.1, -0.05) is 68.4 Å². The summed E-state index contributed by atoms with van der Waals surface area (Å²) < 4.78 is 0. The van der Waals surface area contributed by atoms with Crippen LogP contribution in [-0.4, -0.2) is 5.78 Å². The smallest absolute Gasteiger partial charge is 0.137 e. The Morgan fingerprint density at radius 2 is 1.62 bits per heavy atom. The molecule has 0 saturated carbocycles. The molecule has 0 N–H and O–H groups in total. The van der Waals surface area contributed by atoms with Crippen LogP contribution in [0.5, 0.6) is 0 Å². The van der Waals surface area contributed by atoms with E-state index in [0.717, 1.165) is 12.0 Å². The summed E-state index contributed by atoms with van der Waals surface area (Å²) in [6, 6.07) is 18.6. The van der Waals surface area contributed by atoms with Crippen LogP contribution in [0.4, 0.5) is 0 Å². The van der Waals surface area contributed by atoms with Gasteiger partial charge < -0.3 is 0 Å². The maximum absolute atomic E-state index is 12.0. The van der Waals surface area contributed by atoms with Crippen LogP contribution in [0.3, 0.4) is 0 Å². The van der Waals surface area contributed by atoms with Gasteiger partial charge in [-0.05, 0) is 35.4 Å². The van der Waals surface area contributed by atoms with Gasteiger partial charge in [-0.2, -0.15) is 0 Å². The first-order valence-corrected chi connectivity index (χ1v) is 7.63. The second-order valence-electron chi connectivity index (χ2n) is 5.73. The fourth-order valence-electron chi connectivity index (χ4n) is 2.62. The second kappa shape index (κ2) is 7.78. The van der Waals surface area contributed by atoms with Crippen LogP contribution in [0.25, 0.3) is 11.1 Å². The summed E-state index contributed by atoms with van der Waals surface area (Å²) >= 11 is 0. The number of hydrogen-bond donors (Lipinski definition) is 0. The highest BCUT2D eigenvalue weighted by atomic mass is 16.1. The third kappa shape index (κ3) is 4.86. The minimum absolute atomic E-state index is 0.330. The predicted octanol–water partition coefficient (Wildman–Crippen LogP) is 5.11. The Labute approximate surface area is 128 Å². The van der Waals surface area contributed by atoms with E-state index in [1.165, 1.54) is 11.1 Å². The highest BCUT2D eigenvalue weighted by Gasteiger charge is 2.09. The lowest BCUT2D eigenvalue weighted by atomic mass is 9.95. The molecular weight excluding hydrogens is 256 g/mol. The number of rotatable bonds is 7. The molecule has 2 aromatic rings. The van der Waals surface area contributed by atoms with Crippen LogP contribution in [-0.2, 0) is 11.2 Å². The van der Waals surface area contributed by atoms with E-state index < -0.39 is 0 Å². The zero-order valence-corrected chi connectivity index (χ0v) is 12.9. The first kappa shape index (κ1) is 15.5. The van der Waals surface area contributed by atoms with Crippen LogP contribution in [0.2, 0.25) is 0 Å². The monoisotopic (exact) mass is 279 g/mol. The van der Waals surface area contributed by atoms with E-state index in [4.69, 9.17) is 0 Å². The average Bonchev–Trinajstić information content (AvgIpc) is 2.49. The van der Waals surface area contributed by atoms with Gasteiger partial charge in [-0.3, -0.25) is 4.79 Å².